The largest absolute Gasteiger partial charge is 0.497 e. The molecule has 0 radical (unpaired) electrons. The molecule has 1 N–H and O–H groups in total. The maximum absolute atomic E-state index is 12.5. The van der Waals surface area contributed by atoms with Crippen molar-refractivity contribution in [1.29, 1.82) is 0 Å². The number of benzene rings is 1. The summed E-state index contributed by atoms with van der Waals surface area (Å²) in [4.78, 5) is 25.6. The quantitative estimate of drug-likeness (QED) is 0.775. The number of hydrogen-bond acceptors (Lipinski definition) is 5. The second-order valence-electron chi connectivity index (χ2n) is 5.72. The van der Waals surface area contributed by atoms with Crippen LogP contribution in [0.4, 0.5) is 0 Å². The molecule has 0 spiro atoms. The average Bonchev–Trinajstić information content (AvgIpc) is 2.59. The summed E-state index contributed by atoms with van der Waals surface area (Å²) in [6.45, 7) is 1.91. The third-order valence-corrected chi connectivity index (χ3v) is 4.22. The van der Waals surface area contributed by atoms with Crippen molar-refractivity contribution >= 4 is 11.8 Å². The van der Waals surface area contributed by atoms with Crippen molar-refractivity contribution in [3.05, 3.63) is 23.8 Å². The first-order valence-corrected chi connectivity index (χ1v) is 7.75. The van der Waals surface area contributed by atoms with Gasteiger partial charge in [-0.15, -0.1) is 0 Å². The lowest BCUT2D eigenvalue weighted by molar-refractivity contribution is -0.143. The zero-order valence-electron chi connectivity index (χ0n) is 13.6. The van der Waals surface area contributed by atoms with Crippen LogP contribution in [0.15, 0.2) is 18.2 Å². The van der Waals surface area contributed by atoms with E-state index in [-0.39, 0.29) is 11.7 Å². The number of Topliss-reactive ketones (excluding diaryl/α,β-unsaturated/α-hetero) is 1. The van der Waals surface area contributed by atoms with Gasteiger partial charge in [0.25, 0.3) is 0 Å². The van der Waals surface area contributed by atoms with Crippen LogP contribution in [0.3, 0.4) is 0 Å². The van der Waals surface area contributed by atoms with E-state index in [0.29, 0.717) is 43.0 Å². The number of methoxy groups -OCH3 is 2. The van der Waals surface area contributed by atoms with Crippen LogP contribution in [0.25, 0.3) is 0 Å². The van der Waals surface area contributed by atoms with E-state index in [4.69, 9.17) is 14.6 Å². The minimum Gasteiger partial charge on any atom is -0.497 e. The number of ether oxygens (including phenoxy) is 2. The zero-order valence-corrected chi connectivity index (χ0v) is 13.6. The van der Waals surface area contributed by atoms with Crippen molar-refractivity contribution in [3.8, 4) is 11.5 Å². The maximum Gasteiger partial charge on any atom is 0.307 e. The molecule has 6 heteroatoms. The molecule has 1 aromatic carbocycles. The van der Waals surface area contributed by atoms with Crippen LogP contribution in [0.2, 0.25) is 0 Å². The lowest BCUT2D eigenvalue weighted by atomic mass is 9.97. The van der Waals surface area contributed by atoms with E-state index in [0.717, 1.165) is 13.0 Å². The fourth-order valence-corrected chi connectivity index (χ4v) is 2.89. The van der Waals surface area contributed by atoms with Crippen molar-refractivity contribution in [2.45, 2.75) is 19.3 Å². The zero-order chi connectivity index (χ0) is 16.8. The van der Waals surface area contributed by atoms with Gasteiger partial charge in [0.05, 0.1) is 25.7 Å². The number of hydrogen-bond donors (Lipinski definition) is 1. The molecule has 0 aliphatic carbocycles. The highest BCUT2D eigenvalue weighted by molar-refractivity contribution is 5.99. The standard InChI is InChI=1S/C17H23NO5/c1-22-13-5-6-16(23-2)14(10-13)15(19)7-9-18-8-3-4-12(11-18)17(20)21/h5-6,10,12H,3-4,7-9,11H2,1-2H3,(H,20,21). The lowest BCUT2D eigenvalue weighted by Crippen LogP contribution is -2.39. The predicted molar refractivity (Wildman–Crippen MR) is 85.3 cm³/mol. The van der Waals surface area contributed by atoms with E-state index in [1.807, 2.05) is 4.90 Å². The van der Waals surface area contributed by atoms with E-state index >= 15 is 0 Å². The number of aliphatic carboxylic acids is 1. The molecule has 2 rings (SSSR count). The summed E-state index contributed by atoms with van der Waals surface area (Å²) >= 11 is 0. The Morgan fingerprint density at radius 3 is 2.74 bits per heavy atom. The van der Waals surface area contributed by atoms with Crippen LogP contribution >= 0.6 is 0 Å². The van der Waals surface area contributed by atoms with Crippen molar-refractivity contribution in [1.82, 2.24) is 4.90 Å². The van der Waals surface area contributed by atoms with E-state index in [2.05, 4.69) is 0 Å². The number of likely N-dealkylation sites (tertiary alicyclic amines) is 1. The second kappa shape index (κ2) is 7.97. The van der Waals surface area contributed by atoms with Crippen LogP contribution in [-0.2, 0) is 4.79 Å². The molecule has 126 valence electrons. The molecule has 23 heavy (non-hydrogen) atoms. The second-order valence-corrected chi connectivity index (χ2v) is 5.72. The smallest absolute Gasteiger partial charge is 0.307 e. The third kappa shape index (κ3) is 4.45. The van der Waals surface area contributed by atoms with Crippen molar-refractivity contribution < 1.29 is 24.2 Å². The summed E-state index contributed by atoms with van der Waals surface area (Å²) in [5.74, 6) is 0.0230. The molecule has 1 atom stereocenters. The molecular weight excluding hydrogens is 298 g/mol. The number of piperidine rings is 1. The molecule has 0 bridgehead atoms. The van der Waals surface area contributed by atoms with Crippen molar-refractivity contribution in [2.24, 2.45) is 5.92 Å². The number of carboxylic acid groups (broad SMARTS) is 1. The molecule has 1 aromatic rings. The molecule has 6 nitrogen and oxygen atoms in total. The minimum absolute atomic E-state index is 0.0294. The Kier molecular flexibility index (Phi) is 5.98. The molecule has 1 unspecified atom stereocenters. The first-order chi connectivity index (χ1) is 11.0. The van der Waals surface area contributed by atoms with Gasteiger partial charge in [0.2, 0.25) is 0 Å². The van der Waals surface area contributed by atoms with Gasteiger partial charge in [-0.1, -0.05) is 0 Å². The number of rotatable bonds is 7. The third-order valence-electron chi connectivity index (χ3n) is 4.22. The van der Waals surface area contributed by atoms with Gasteiger partial charge in [0, 0.05) is 19.5 Å². The molecule has 1 fully saturated rings. The van der Waals surface area contributed by atoms with E-state index in [1.54, 1.807) is 25.3 Å². The number of carboxylic acids is 1. The highest BCUT2D eigenvalue weighted by atomic mass is 16.5. The molecule has 1 heterocycles. The van der Waals surface area contributed by atoms with Crippen LogP contribution < -0.4 is 9.47 Å². The fourth-order valence-electron chi connectivity index (χ4n) is 2.89. The van der Waals surface area contributed by atoms with Gasteiger partial charge in [0.1, 0.15) is 11.5 Å². The summed E-state index contributed by atoms with van der Waals surface area (Å²) in [7, 11) is 3.08. The predicted octanol–water partition coefficient (Wildman–Crippen LogP) is 2.07. The van der Waals surface area contributed by atoms with Crippen molar-refractivity contribution in [3.63, 3.8) is 0 Å². The summed E-state index contributed by atoms with van der Waals surface area (Å²) in [5, 5.41) is 9.11. The van der Waals surface area contributed by atoms with Gasteiger partial charge in [-0.05, 0) is 37.6 Å². The van der Waals surface area contributed by atoms with E-state index in [1.165, 1.54) is 7.11 Å². The van der Waals surface area contributed by atoms with Gasteiger partial charge in [-0.25, -0.2) is 0 Å². The van der Waals surface area contributed by atoms with Gasteiger partial charge >= 0.3 is 5.97 Å². The number of carbonyl (C=O) groups excluding carboxylic acids is 1. The Hall–Kier alpha value is -2.08. The Bertz CT molecular complexity index is 572. The van der Waals surface area contributed by atoms with Crippen LogP contribution in [0.1, 0.15) is 29.6 Å². The SMILES string of the molecule is COc1ccc(OC)c(C(=O)CCN2CCCC(C(=O)O)C2)c1. The molecule has 0 amide bonds. The van der Waals surface area contributed by atoms with Crippen LogP contribution in [-0.4, -0.2) is 55.6 Å². The topological polar surface area (TPSA) is 76.1 Å². The molecule has 1 aliphatic rings. The van der Waals surface area contributed by atoms with Gasteiger partial charge in [-0.3, -0.25) is 9.59 Å². The molecule has 1 aliphatic heterocycles. The van der Waals surface area contributed by atoms with Gasteiger partial charge < -0.3 is 19.5 Å². The average molecular weight is 321 g/mol. The number of nitrogens with zero attached hydrogens (tertiary/aromatic N) is 1. The minimum atomic E-state index is -0.754. The summed E-state index contributed by atoms with van der Waals surface area (Å²) in [6.07, 6.45) is 1.90. The monoisotopic (exact) mass is 321 g/mol. The number of carbonyl (C=O) groups is 2. The molecule has 0 aromatic heterocycles. The fraction of sp³-hybridized carbons (Fsp3) is 0.529. The summed E-state index contributed by atoms with van der Waals surface area (Å²) in [5.41, 5.74) is 0.499. The molecule has 0 saturated carbocycles. The van der Waals surface area contributed by atoms with Gasteiger partial charge in [0.15, 0.2) is 5.78 Å². The molecular formula is C17H23NO5. The van der Waals surface area contributed by atoms with E-state index < -0.39 is 5.97 Å². The molecule has 1 saturated heterocycles. The first-order valence-electron chi connectivity index (χ1n) is 7.75. The first kappa shape index (κ1) is 17.3. The Labute approximate surface area is 136 Å². The van der Waals surface area contributed by atoms with Crippen LogP contribution in [0, 0.1) is 5.92 Å². The normalized spacial score (nSPS) is 18.4. The highest BCUT2D eigenvalue weighted by Gasteiger charge is 2.25. The van der Waals surface area contributed by atoms with Crippen molar-refractivity contribution in [2.75, 3.05) is 33.9 Å². The van der Waals surface area contributed by atoms with E-state index in [9.17, 15) is 9.59 Å². The Balaban J connectivity index is 1.98. The highest BCUT2D eigenvalue weighted by Crippen LogP contribution is 2.25. The summed E-state index contributed by atoms with van der Waals surface area (Å²) < 4.78 is 10.4. The van der Waals surface area contributed by atoms with Gasteiger partial charge in [-0.2, -0.15) is 0 Å². The maximum atomic E-state index is 12.5. The Morgan fingerprint density at radius 2 is 2.09 bits per heavy atom. The Morgan fingerprint density at radius 1 is 1.30 bits per heavy atom. The summed E-state index contributed by atoms with van der Waals surface area (Å²) in [6, 6.07) is 5.14. The lowest BCUT2D eigenvalue weighted by Gasteiger charge is -2.30. The van der Waals surface area contributed by atoms with Crippen LogP contribution in [0.5, 0.6) is 11.5 Å². The number of ketones is 1.